The fourth-order valence-corrected chi connectivity index (χ4v) is 2.86. The third-order valence-electron chi connectivity index (χ3n) is 3.93. The lowest BCUT2D eigenvalue weighted by molar-refractivity contribution is -0.231. The van der Waals surface area contributed by atoms with Gasteiger partial charge in [0.15, 0.2) is 17.2 Å². The van der Waals surface area contributed by atoms with Crippen LogP contribution in [0.2, 0.25) is 0 Å². The molecule has 3 rings (SSSR count). The van der Waals surface area contributed by atoms with Gasteiger partial charge in [-0.3, -0.25) is 4.57 Å². The second-order valence-corrected chi connectivity index (χ2v) is 5.46. The van der Waals surface area contributed by atoms with Crippen LogP contribution in [-0.2, 0) is 10.5 Å². The first-order valence-corrected chi connectivity index (χ1v) is 6.85. The number of alkyl halides is 3. The summed E-state index contributed by atoms with van der Waals surface area (Å²) >= 11 is 0. The molecule has 24 heavy (non-hydrogen) atoms. The maximum Gasteiger partial charge on any atom is 0.393 e. The summed E-state index contributed by atoms with van der Waals surface area (Å²) in [6.07, 6.45) is -9.50. The molecule has 1 saturated heterocycles. The van der Waals surface area contributed by atoms with Crippen molar-refractivity contribution in [1.29, 1.82) is 0 Å². The molecule has 1 aliphatic heterocycles. The standard InChI is InChI=1S/C12H14F3N5O4/c13-12(14,15)2-11(8(23)7(22)5(1-21)24-11)20-4-19-6-9(16)17-3-18-10(6)20/h3-5,7-8,21-23H,1-2H2,(H2,16,17,18)/t5-,7-,8-,11-/m1/s1. The number of hydrogen-bond acceptors (Lipinski definition) is 8. The highest BCUT2D eigenvalue weighted by Gasteiger charge is 2.60. The second-order valence-electron chi connectivity index (χ2n) is 5.46. The van der Waals surface area contributed by atoms with Gasteiger partial charge in [0.2, 0.25) is 0 Å². The number of imidazole rings is 1. The van der Waals surface area contributed by atoms with Gasteiger partial charge in [0.05, 0.1) is 19.4 Å². The van der Waals surface area contributed by atoms with Gasteiger partial charge < -0.3 is 25.8 Å². The molecular weight excluding hydrogens is 335 g/mol. The highest BCUT2D eigenvalue weighted by molar-refractivity contribution is 5.81. The molecule has 0 aliphatic carbocycles. The Morgan fingerprint density at radius 3 is 2.58 bits per heavy atom. The van der Waals surface area contributed by atoms with E-state index in [1.54, 1.807) is 0 Å². The number of nitrogens with zero attached hydrogens (tertiary/aromatic N) is 4. The number of fused-ring (bicyclic) bond motifs is 1. The quantitative estimate of drug-likeness (QED) is 0.560. The summed E-state index contributed by atoms with van der Waals surface area (Å²) in [5.74, 6) is -0.0624. The van der Waals surface area contributed by atoms with E-state index in [-0.39, 0.29) is 17.0 Å². The molecule has 2 aromatic heterocycles. The van der Waals surface area contributed by atoms with E-state index in [1.165, 1.54) is 0 Å². The van der Waals surface area contributed by atoms with Crippen LogP contribution >= 0.6 is 0 Å². The van der Waals surface area contributed by atoms with Crippen molar-refractivity contribution in [3.05, 3.63) is 12.7 Å². The van der Waals surface area contributed by atoms with Crippen molar-refractivity contribution in [3.63, 3.8) is 0 Å². The first-order valence-electron chi connectivity index (χ1n) is 6.85. The van der Waals surface area contributed by atoms with Gasteiger partial charge in [0.25, 0.3) is 0 Å². The van der Waals surface area contributed by atoms with Gasteiger partial charge >= 0.3 is 6.18 Å². The van der Waals surface area contributed by atoms with Crippen molar-refractivity contribution in [3.8, 4) is 0 Å². The lowest BCUT2D eigenvalue weighted by Crippen LogP contribution is -2.48. The van der Waals surface area contributed by atoms with E-state index in [0.29, 0.717) is 0 Å². The Kier molecular flexibility index (Phi) is 3.86. The lowest BCUT2D eigenvalue weighted by Gasteiger charge is -2.34. The number of aliphatic hydroxyl groups is 3. The van der Waals surface area contributed by atoms with E-state index in [2.05, 4.69) is 15.0 Å². The molecule has 0 saturated carbocycles. The van der Waals surface area contributed by atoms with Gasteiger partial charge in [-0.15, -0.1) is 0 Å². The molecule has 5 N–H and O–H groups in total. The van der Waals surface area contributed by atoms with Crippen molar-refractivity contribution < 1.29 is 33.2 Å². The number of aliphatic hydroxyl groups excluding tert-OH is 3. The summed E-state index contributed by atoms with van der Waals surface area (Å²) in [5.41, 5.74) is 3.09. The molecule has 3 heterocycles. The summed E-state index contributed by atoms with van der Waals surface area (Å²) in [7, 11) is 0. The maximum absolute atomic E-state index is 13.1. The van der Waals surface area contributed by atoms with Crippen LogP contribution in [0.4, 0.5) is 19.0 Å². The molecule has 1 fully saturated rings. The average molecular weight is 349 g/mol. The predicted molar refractivity (Wildman–Crippen MR) is 72.4 cm³/mol. The van der Waals surface area contributed by atoms with Crippen LogP contribution in [0.25, 0.3) is 11.2 Å². The molecule has 2 aromatic rings. The number of rotatable bonds is 3. The molecule has 0 unspecified atom stereocenters. The van der Waals surface area contributed by atoms with Gasteiger partial charge in [-0.1, -0.05) is 0 Å². The maximum atomic E-state index is 13.1. The largest absolute Gasteiger partial charge is 0.394 e. The predicted octanol–water partition coefficient (Wildman–Crippen LogP) is -0.873. The summed E-state index contributed by atoms with van der Waals surface area (Å²) in [5, 5.41) is 29.4. The van der Waals surface area contributed by atoms with Crippen molar-refractivity contribution in [2.45, 2.75) is 36.6 Å². The number of anilines is 1. The first kappa shape index (κ1) is 16.8. The zero-order valence-electron chi connectivity index (χ0n) is 12.1. The second kappa shape index (κ2) is 5.51. The molecule has 1 aliphatic rings. The number of nitrogen functional groups attached to an aromatic ring is 1. The Balaban J connectivity index is 2.20. The molecule has 12 heteroatoms. The van der Waals surface area contributed by atoms with E-state index in [9.17, 15) is 28.5 Å². The fraction of sp³-hybridized carbons (Fsp3) is 0.583. The van der Waals surface area contributed by atoms with Crippen LogP contribution in [0.5, 0.6) is 0 Å². The van der Waals surface area contributed by atoms with Crippen LogP contribution in [-0.4, -0.2) is 65.9 Å². The van der Waals surface area contributed by atoms with Crippen LogP contribution in [0, 0.1) is 0 Å². The smallest absolute Gasteiger partial charge is 0.393 e. The molecule has 9 nitrogen and oxygen atoms in total. The minimum absolute atomic E-state index is 0.0248. The third-order valence-corrected chi connectivity index (χ3v) is 3.93. The Bertz CT molecular complexity index is 754. The molecule has 0 radical (unpaired) electrons. The van der Waals surface area contributed by atoms with Crippen molar-refractivity contribution >= 4 is 17.0 Å². The van der Waals surface area contributed by atoms with Crippen molar-refractivity contribution in [2.75, 3.05) is 12.3 Å². The van der Waals surface area contributed by atoms with E-state index >= 15 is 0 Å². The normalized spacial score (nSPS) is 31.0. The SMILES string of the molecule is Nc1ncnc2c1ncn2[C@]1(CC(F)(F)F)O[C@H](CO)[C@@H](O)[C@H]1O. The van der Waals surface area contributed by atoms with Gasteiger partial charge in [-0.2, -0.15) is 13.2 Å². The number of ether oxygens (including phenoxy) is 1. The molecule has 0 spiro atoms. The molecular formula is C12H14F3N5O4. The minimum Gasteiger partial charge on any atom is -0.394 e. The lowest BCUT2D eigenvalue weighted by atomic mass is 9.98. The number of nitrogens with two attached hydrogens (primary N) is 1. The molecule has 0 bridgehead atoms. The van der Waals surface area contributed by atoms with E-state index in [0.717, 1.165) is 17.2 Å². The van der Waals surface area contributed by atoms with E-state index in [1.807, 2.05) is 0 Å². The van der Waals surface area contributed by atoms with E-state index < -0.39 is 43.2 Å². The minimum atomic E-state index is -4.75. The van der Waals surface area contributed by atoms with Crippen molar-refractivity contribution in [2.24, 2.45) is 0 Å². The topological polar surface area (TPSA) is 140 Å². The van der Waals surface area contributed by atoms with Crippen LogP contribution in [0.15, 0.2) is 12.7 Å². The molecule has 4 atom stereocenters. The number of hydrogen-bond donors (Lipinski definition) is 4. The zero-order valence-corrected chi connectivity index (χ0v) is 12.1. The summed E-state index contributed by atoms with van der Waals surface area (Å²) in [6, 6.07) is 0. The Morgan fingerprint density at radius 2 is 2.00 bits per heavy atom. The van der Waals surface area contributed by atoms with E-state index in [4.69, 9.17) is 10.5 Å². The number of aromatic nitrogens is 4. The van der Waals surface area contributed by atoms with Gasteiger partial charge in [-0.25, -0.2) is 15.0 Å². The Hall–Kier alpha value is -2.02. The van der Waals surface area contributed by atoms with Gasteiger partial charge in [0, 0.05) is 0 Å². The molecule has 132 valence electrons. The third kappa shape index (κ3) is 2.47. The monoisotopic (exact) mass is 349 g/mol. The summed E-state index contributed by atoms with van der Waals surface area (Å²) in [4.78, 5) is 11.4. The molecule has 0 amide bonds. The average Bonchev–Trinajstić information content (AvgIpc) is 3.03. The van der Waals surface area contributed by atoms with Crippen LogP contribution < -0.4 is 5.73 Å². The Labute approximate surface area is 132 Å². The highest BCUT2D eigenvalue weighted by atomic mass is 19.4. The fourth-order valence-electron chi connectivity index (χ4n) is 2.86. The van der Waals surface area contributed by atoms with Crippen LogP contribution in [0.1, 0.15) is 6.42 Å². The summed E-state index contributed by atoms with van der Waals surface area (Å²) < 4.78 is 45.5. The highest BCUT2D eigenvalue weighted by Crippen LogP contribution is 2.44. The molecule has 0 aromatic carbocycles. The zero-order chi connectivity index (χ0) is 17.7. The van der Waals surface area contributed by atoms with Gasteiger partial charge in [0.1, 0.15) is 30.2 Å². The van der Waals surface area contributed by atoms with Crippen LogP contribution in [0.3, 0.4) is 0 Å². The first-order chi connectivity index (χ1) is 11.2. The summed E-state index contributed by atoms with van der Waals surface area (Å²) in [6.45, 7) is -0.776. The van der Waals surface area contributed by atoms with Crippen molar-refractivity contribution in [1.82, 2.24) is 19.5 Å². The number of halogens is 3. The Morgan fingerprint density at radius 1 is 1.29 bits per heavy atom. The van der Waals surface area contributed by atoms with Gasteiger partial charge in [-0.05, 0) is 0 Å².